The van der Waals surface area contributed by atoms with E-state index < -0.39 is 0 Å². The lowest BCUT2D eigenvalue weighted by Gasteiger charge is -2.14. The standard InChI is InChI=1S/C20H15ClN2O2S/c1-13-18(24)22(11-14-6-5-9-16(21)10-14)20-23(19(13)25)17(12-26-20)15-7-3-2-4-8-15/h2-10,12H,11H2,1H3. The monoisotopic (exact) mass is 382 g/mol. The summed E-state index contributed by atoms with van der Waals surface area (Å²) in [5.74, 6) is -0.267. The lowest BCUT2D eigenvalue weighted by molar-refractivity contribution is -0.707. The molecule has 0 spiro atoms. The van der Waals surface area contributed by atoms with E-state index in [0.29, 0.717) is 16.5 Å². The van der Waals surface area contributed by atoms with Crippen molar-refractivity contribution in [2.45, 2.75) is 13.5 Å². The maximum atomic E-state index is 12.8. The number of thiazole rings is 1. The number of nitrogens with zero attached hydrogens (tertiary/aromatic N) is 2. The molecule has 0 amide bonds. The Kier molecular flexibility index (Phi) is 4.26. The van der Waals surface area contributed by atoms with Crippen molar-refractivity contribution in [2.75, 3.05) is 0 Å². The Morgan fingerprint density at radius 1 is 1.15 bits per heavy atom. The van der Waals surface area contributed by atoms with Gasteiger partial charge in [-0.05, 0) is 24.6 Å². The summed E-state index contributed by atoms with van der Waals surface area (Å²) in [5.41, 5.74) is 2.58. The van der Waals surface area contributed by atoms with E-state index in [-0.39, 0.29) is 17.0 Å². The van der Waals surface area contributed by atoms with Gasteiger partial charge in [-0.3, -0.25) is 0 Å². The SMILES string of the molecule is Cc1c([O-])[n+](Cc2cccc(Cl)c2)c2scc(-c3ccccc3)n2c1=O. The topological polar surface area (TPSA) is 48.4 Å². The average Bonchev–Trinajstić information content (AvgIpc) is 3.09. The first kappa shape index (κ1) is 16.8. The molecule has 26 heavy (non-hydrogen) atoms. The van der Waals surface area contributed by atoms with Gasteiger partial charge in [0, 0.05) is 16.0 Å². The van der Waals surface area contributed by atoms with Crippen LogP contribution in [-0.4, -0.2) is 4.40 Å². The van der Waals surface area contributed by atoms with E-state index in [9.17, 15) is 9.90 Å². The molecule has 0 fully saturated rings. The van der Waals surface area contributed by atoms with Crippen molar-refractivity contribution < 1.29 is 9.67 Å². The second kappa shape index (κ2) is 6.59. The van der Waals surface area contributed by atoms with E-state index in [1.54, 1.807) is 22.0 Å². The molecule has 0 aliphatic carbocycles. The molecule has 0 N–H and O–H groups in total. The fraction of sp³-hybridized carbons (Fsp3) is 0.100. The van der Waals surface area contributed by atoms with Crippen molar-refractivity contribution >= 4 is 27.9 Å². The third kappa shape index (κ3) is 2.79. The molecule has 4 nitrogen and oxygen atoms in total. The van der Waals surface area contributed by atoms with E-state index in [0.717, 1.165) is 16.8 Å². The van der Waals surface area contributed by atoms with Crippen LogP contribution < -0.4 is 15.2 Å². The summed E-state index contributed by atoms with van der Waals surface area (Å²) in [6.45, 7) is 1.94. The van der Waals surface area contributed by atoms with Crippen LogP contribution in [0.25, 0.3) is 16.2 Å². The van der Waals surface area contributed by atoms with E-state index in [1.165, 1.54) is 11.3 Å². The Hall–Kier alpha value is -2.63. The van der Waals surface area contributed by atoms with Crippen molar-refractivity contribution in [1.29, 1.82) is 0 Å². The van der Waals surface area contributed by atoms with Crippen LogP contribution in [-0.2, 0) is 6.54 Å². The van der Waals surface area contributed by atoms with Gasteiger partial charge < -0.3 is 5.11 Å². The van der Waals surface area contributed by atoms with Crippen molar-refractivity contribution in [3.8, 4) is 17.1 Å². The average molecular weight is 383 g/mol. The third-order valence-corrected chi connectivity index (χ3v) is 5.52. The number of halogens is 1. The van der Waals surface area contributed by atoms with Crippen LogP contribution >= 0.6 is 22.9 Å². The van der Waals surface area contributed by atoms with Gasteiger partial charge in [0.2, 0.25) is 0 Å². The van der Waals surface area contributed by atoms with Gasteiger partial charge in [0.25, 0.3) is 0 Å². The van der Waals surface area contributed by atoms with Crippen molar-refractivity contribution in [3.05, 3.63) is 86.5 Å². The van der Waals surface area contributed by atoms with E-state index in [2.05, 4.69) is 0 Å². The summed E-state index contributed by atoms with van der Waals surface area (Å²) in [6, 6.07) is 17.1. The van der Waals surface area contributed by atoms with Gasteiger partial charge in [0.05, 0.1) is 11.4 Å². The Morgan fingerprint density at radius 2 is 1.92 bits per heavy atom. The molecular formula is C20H15ClN2O2S. The Bertz CT molecular complexity index is 1170. The van der Waals surface area contributed by atoms with Gasteiger partial charge >= 0.3 is 10.5 Å². The van der Waals surface area contributed by atoms with Gasteiger partial charge in [-0.25, -0.2) is 9.36 Å². The third-order valence-electron chi connectivity index (χ3n) is 4.33. The zero-order chi connectivity index (χ0) is 18.3. The largest absolute Gasteiger partial charge is 0.842 e. The van der Waals surface area contributed by atoms with Crippen LogP contribution in [0.5, 0.6) is 5.88 Å². The smallest absolute Gasteiger partial charge is 0.348 e. The van der Waals surface area contributed by atoms with Crippen molar-refractivity contribution in [2.24, 2.45) is 0 Å². The summed E-state index contributed by atoms with van der Waals surface area (Å²) >= 11 is 7.46. The second-order valence-corrected chi connectivity index (χ2v) is 7.33. The Morgan fingerprint density at radius 3 is 2.65 bits per heavy atom. The molecule has 0 bridgehead atoms. The molecule has 4 aromatic rings. The van der Waals surface area contributed by atoms with Crippen molar-refractivity contribution in [1.82, 2.24) is 4.40 Å². The van der Waals surface area contributed by atoms with Crippen LogP contribution in [0.15, 0.2) is 64.8 Å². The molecule has 0 atom stereocenters. The molecule has 0 radical (unpaired) electrons. The van der Waals surface area contributed by atoms with E-state index in [1.807, 2.05) is 53.9 Å². The molecule has 2 aromatic heterocycles. The minimum absolute atomic E-state index is 0.208. The first-order valence-corrected chi connectivity index (χ1v) is 9.35. The highest BCUT2D eigenvalue weighted by atomic mass is 35.5. The minimum atomic E-state index is -0.271. The van der Waals surface area contributed by atoms with Gasteiger partial charge in [-0.2, -0.15) is 0 Å². The lowest BCUT2D eigenvalue weighted by Crippen LogP contribution is -2.43. The number of hydrogen-bond acceptors (Lipinski definition) is 3. The molecule has 4 rings (SSSR count). The molecule has 0 aliphatic rings. The highest BCUT2D eigenvalue weighted by Gasteiger charge is 2.22. The lowest BCUT2D eigenvalue weighted by atomic mass is 10.2. The summed E-state index contributed by atoms with van der Waals surface area (Å²) in [5, 5.41) is 15.3. The summed E-state index contributed by atoms with van der Waals surface area (Å²) in [7, 11) is 0. The highest BCUT2D eigenvalue weighted by molar-refractivity contribution is 7.15. The Labute approximate surface area is 159 Å². The molecule has 0 unspecified atom stereocenters. The zero-order valence-electron chi connectivity index (χ0n) is 14.0. The number of hydrogen-bond donors (Lipinski definition) is 0. The predicted octanol–water partition coefficient (Wildman–Crippen LogP) is 3.40. The molecule has 6 heteroatoms. The number of aromatic nitrogens is 2. The normalized spacial score (nSPS) is 11.2. The van der Waals surface area contributed by atoms with Gasteiger partial charge in [0.15, 0.2) is 5.69 Å². The molecule has 0 aliphatic heterocycles. The number of rotatable bonds is 3. The molecule has 130 valence electrons. The van der Waals surface area contributed by atoms with Crippen LogP contribution in [0.4, 0.5) is 0 Å². The summed E-state index contributed by atoms with van der Waals surface area (Å²) < 4.78 is 3.26. The molecule has 2 heterocycles. The molecule has 2 aromatic carbocycles. The fourth-order valence-electron chi connectivity index (χ4n) is 3.01. The van der Waals surface area contributed by atoms with Crippen LogP contribution in [0.1, 0.15) is 11.1 Å². The first-order chi connectivity index (χ1) is 12.6. The predicted molar refractivity (Wildman–Crippen MR) is 102 cm³/mol. The van der Waals surface area contributed by atoms with Gasteiger partial charge in [0.1, 0.15) is 6.54 Å². The van der Waals surface area contributed by atoms with Crippen molar-refractivity contribution in [3.63, 3.8) is 0 Å². The maximum absolute atomic E-state index is 12.8. The number of benzene rings is 2. The first-order valence-electron chi connectivity index (χ1n) is 8.10. The Balaban J connectivity index is 1.97. The van der Waals surface area contributed by atoms with Crippen LogP contribution in [0.2, 0.25) is 5.02 Å². The minimum Gasteiger partial charge on any atom is -0.842 e. The second-order valence-electron chi connectivity index (χ2n) is 6.06. The zero-order valence-corrected chi connectivity index (χ0v) is 15.6. The van der Waals surface area contributed by atoms with Gasteiger partial charge in [-0.1, -0.05) is 65.4 Å². The van der Waals surface area contributed by atoms with Gasteiger partial charge in [-0.15, -0.1) is 4.40 Å². The summed E-state index contributed by atoms with van der Waals surface area (Å²) in [6.07, 6.45) is 0. The highest BCUT2D eigenvalue weighted by Crippen LogP contribution is 2.24. The quantitative estimate of drug-likeness (QED) is 0.510. The maximum Gasteiger partial charge on any atom is 0.348 e. The molecule has 0 saturated heterocycles. The fourth-order valence-corrected chi connectivity index (χ4v) is 4.24. The van der Waals surface area contributed by atoms with Crippen LogP contribution in [0.3, 0.4) is 0 Å². The number of fused-ring (bicyclic) bond motifs is 1. The molecular weight excluding hydrogens is 368 g/mol. The van der Waals surface area contributed by atoms with E-state index in [4.69, 9.17) is 11.6 Å². The van der Waals surface area contributed by atoms with E-state index >= 15 is 0 Å². The summed E-state index contributed by atoms with van der Waals surface area (Å²) in [4.78, 5) is 13.4. The molecule has 0 saturated carbocycles. The van der Waals surface area contributed by atoms with Crippen LogP contribution in [0, 0.1) is 6.92 Å².